The highest BCUT2D eigenvalue weighted by Gasteiger charge is 2.20. The van der Waals surface area contributed by atoms with E-state index >= 15 is 0 Å². The molecule has 1 atom stereocenters. The third kappa shape index (κ3) is 2.17. The third-order valence-electron chi connectivity index (χ3n) is 1.19. The van der Waals surface area contributed by atoms with Crippen molar-refractivity contribution in [2.75, 3.05) is 0 Å². The second kappa shape index (κ2) is 3.34. The van der Waals surface area contributed by atoms with Gasteiger partial charge in [-0.1, -0.05) is 20.4 Å². The summed E-state index contributed by atoms with van der Waals surface area (Å²) in [5.74, 6) is -1.58. The zero-order chi connectivity index (χ0) is 8.31. The van der Waals surface area contributed by atoms with Crippen LogP contribution < -0.4 is 0 Å². The summed E-state index contributed by atoms with van der Waals surface area (Å²) in [4.78, 5) is 10.1. The highest BCUT2D eigenvalue weighted by Crippen LogP contribution is 2.14. The first-order chi connectivity index (χ1) is 4.46. The SMILES string of the molecule is C=C(C(=O)O)C(F)C(C)C. The Balaban J connectivity index is 4.08. The van der Waals surface area contributed by atoms with Gasteiger partial charge in [-0.3, -0.25) is 0 Å². The fourth-order valence-corrected chi connectivity index (χ4v) is 0.520. The predicted molar refractivity (Wildman–Crippen MR) is 36.5 cm³/mol. The van der Waals surface area contributed by atoms with Gasteiger partial charge in [0.1, 0.15) is 6.17 Å². The number of carboxylic acids is 1. The summed E-state index contributed by atoms with van der Waals surface area (Å²) in [5.41, 5.74) is -0.366. The molecule has 10 heavy (non-hydrogen) atoms. The highest BCUT2D eigenvalue weighted by atomic mass is 19.1. The monoisotopic (exact) mass is 146 g/mol. The zero-order valence-corrected chi connectivity index (χ0v) is 6.10. The summed E-state index contributed by atoms with van der Waals surface area (Å²) in [7, 11) is 0. The third-order valence-corrected chi connectivity index (χ3v) is 1.19. The van der Waals surface area contributed by atoms with Crippen molar-refractivity contribution in [3.05, 3.63) is 12.2 Å². The summed E-state index contributed by atoms with van der Waals surface area (Å²) in [6.07, 6.45) is -1.43. The fraction of sp³-hybridized carbons (Fsp3) is 0.571. The molecule has 0 aromatic heterocycles. The van der Waals surface area contributed by atoms with E-state index in [0.717, 1.165) is 0 Å². The van der Waals surface area contributed by atoms with E-state index < -0.39 is 12.1 Å². The minimum Gasteiger partial charge on any atom is -0.478 e. The van der Waals surface area contributed by atoms with Crippen LogP contribution in [0.15, 0.2) is 12.2 Å². The molecule has 0 saturated heterocycles. The number of hydrogen-bond donors (Lipinski definition) is 1. The zero-order valence-electron chi connectivity index (χ0n) is 6.10. The normalized spacial score (nSPS) is 13.2. The molecule has 0 saturated carbocycles. The number of carboxylic acid groups (broad SMARTS) is 1. The Morgan fingerprint density at radius 1 is 1.60 bits per heavy atom. The molecule has 1 N–H and O–H groups in total. The van der Waals surface area contributed by atoms with Crippen molar-refractivity contribution in [2.45, 2.75) is 20.0 Å². The summed E-state index contributed by atoms with van der Waals surface area (Å²) >= 11 is 0. The van der Waals surface area contributed by atoms with Crippen molar-refractivity contribution < 1.29 is 14.3 Å². The molecule has 0 aliphatic carbocycles. The average Bonchev–Trinajstić information content (AvgIpc) is 1.84. The Bertz CT molecular complexity index is 152. The maximum atomic E-state index is 12.7. The van der Waals surface area contributed by atoms with Gasteiger partial charge in [0.05, 0.1) is 5.57 Å². The van der Waals surface area contributed by atoms with Crippen molar-refractivity contribution in [1.29, 1.82) is 0 Å². The van der Waals surface area contributed by atoms with Crippen LogP contribution in [0.2, 0.25) is 0 Å². The Hall–Kier alpha value is -0.860. The molecule has 0 spiro atoms. The van der Waals surface area contributed by atoms with Gasteiger partial charge in [0.15, 0.2) is 0 Å². The van der Waals surface area contributed by atoms with Crippen LogP contribution in [0, 0.1) is 5.92 Å². The van der Waals surface area contributed by atoms with Crippen LogP contribution in [-0.4, -0.2) is 17.2 Å². The topological polar surface area (TPSA) is 37.3 Å². The maximum absolute atomic E-state index is 12.7. The van der Waals surface area contributed by atoms with E-state index in [1.54, 1.807) is 13.8 Å². The molecule has 0 bridgehead atoms. The summed E-state index contributed by atoms with van der Waals surface area (Å²) in [6.45, 7) is 6.32. The van der Waals surface area contributed by atoms with E-state index in [-0.39, 0.29) is 11.5 Å². The molecule has 0 aliphatic heterocycles. The van der Waals surface area contributed by atoms with Crippen molar-refractivity contribution in [3.8, 4) is 0 Å². The molecule has 2 nitrogen and oxygen atoms in total. The van der Waals surface area contributed by atoms with Gasteiger partial charge < -0.3 is 5.11 Å². The standard InChI is InChI=1S/C7H11FO2/c1-4(2)6(8)5(3)7(9)10/h4,6H,3H2,1-2H3,(H,9,10). The van der Waals surface area contributed by atoms with Gasteiger partial charge in [-0.15, -0.1) is 0 Å². The molecule has 0 aromatic rings. The molecule has 0 radical (unpaired) electrons. The lowest BCUT2D eigenvalue weighted by Crippen LogP contribution is -2.17. The van der Waals surface area contributed by atoms with Crippen molar-refractivity contribution in [3.63, 3.8) is 0 Å². The summed E-state index contributed by atoms with van der Waals surface area (Å²) in [6, 6.07) is 0. The van der Waals surface area contributed by atoms with Crippen LogP contribution in [-0.2, 0) is 4.79 Å². The molecule has 0 aliphatic rings. The van der Waals surface area contributed by atoms with Gasteiger partial charge in [0.25, 0.3) is 0 Å². The van der Waals surface area contributed by atoms with E-state index in [2.05, 4.69) is 6.58 Å². The van der Waals surface area contributed by atoms with Gasteiger partial charge >= 0.3 is 5.97 Å². The highest BCUT2D eigenvalue weighted by molar-refractivity contribution is 5.86. The van der Waals surface area contributed by atoms with E-state index in [0.29, 0.717) is 0 Å². The van der Waals surface area contributed by atoms with Crippen LogP contribution in [0.5, 0.6) is 0 Å². The van der Waals surface area contributed by atoms with Crippen LogP contribution in [0.3, 0.4) is 0 Å². The number of carbonyl (C=O) groups is 1. The number of aliphatic carboxylic acids is 1. The van der Waals surface area contributed by atoms with Crippen molar-refractivity contribution in [1.82, 2.24) is 0 Å². The van der Waals surface area contributed by atoms with Crippen molar-refractivity contribution in [2.24, 2.45) is 5.92 Å². The van der Waals surface area contributed by atoms with Gasteiger partial charge in [-0.25, -0.2) is 9.18 Å². The molecular formula is C7H11FO2. The lowest BCUT2D eigenvalue weighted by Gasteiger charge is -2.10. The predicted octanol–water partition coefficient (Wildman–Crippen LogP) is 1.62. The second-order valence-corrected chi connectivity index (χ2v) is 2.48. The first-order valence-corrected chi connectivity index (χ1v) is 3.03. The molecule has 0 aromatic carbocycles. The lowest BCUT2D eigenvalue weighted by atomic mass is 10.0. The molecular weight excluding hydrogens is 135 g/mol. The molecule has 0 fully saturated rings. The van der Waals surface area contributed by atoms with E-state index in [1.807, 2.05) is 0 Å². The van der Waals surface area contributed by atoms with E-state index in [1.165, 1.54) is 0 Å². The Kier molecular flexibility index (Phi) is 3.06. The number of halogens is 1. The van der Waals surface area contributed by atoms with Crippen LogP contribution in [0.25, 0.3) is 0 Å². The van der Waals surface area contributed by atoms with Gasteiger partial charge in [-0.05, 0) is 5.92 Å². The lowest BCUT2D eigenvalue weighted by molar-refractivity contribution is -0.133. The number of alkyl halides is 1. The van der Waals surface area contributed by atoms with E-state index in [4.69, 9.17) is 5.11 Å². The van der Waals surface area contributed by atoms with Crippen molar-refractivity contribution >= 4 is 5.97 Å². The van der Waals surface area contributed by atoms with Crippen LogP contribution in [0.4, 0.5) is 4.39 Å². The Morgan fingerprint density at radius 3 is 2.10 bits per heavy atom. The molecule has 1 unspecified atom stereocenters. The molecule has 0 heterocycles. The summed E-state index contributed by atoms with van der Waals surface area (Å²) < 4.78 is 12.7. The quantitative estimate of drug-likeness (QED) is 0.614. The number of hydrogen-bond acceptors (Lipinski definition) is 1. The van der Waals surface area contributed by atoms with Gasteiger partial charge in [0, 0.05) is 0 Å². The van der Waals surface area contributed by atoms with Crippen LogP contribution >= 0.6 is 0 Å². The first-order valence-electron chi connectivity index (χ1n) is 3.03. The Labute approximate surface area is 59.4 Å². The molecule has 3 heteroatoms. The van der Waals surface area contributed by atoms with Crippen LogP contribution in [0.1, 0.15) is 13.8 Å². The average molecular weight is 146 g/mol. The minimum atomic E-state index is -1.43. The largest absolute Gasteiger partial charge is 0.478 e. The van der Waals surface area contributed by atoms with Gasteiger partial charge in [0.2, 0.25) is 0 Å². The smallest absolute Gasteiger partial charge is 0.333 e. The van der Waals surface area contributed by atoms with E-state index in [9.17, 15) is 9.18 Å². The maximum Gasteiger partial charge on any atom is 0.333 e. The fourth-order valence-electron chi connectivity index (χ4n) is 0.520. The molecule has 0 amide bonds. The minimum absolute atomic E-state index is 0.316. The van der Waals surface area contributed by atoms with Gasteiger partial charge in [-0.2, -0.15) is 0 Å². The second-order valence-electron chi connectivity index (χ2n) is 2.48. The molecule has 58 valence electrons. The first kappa shape index (κ1) is 9.14. The Morgan fingerprint density at radius 2 is 2.00 bits per heavy atom. The number of rotatable bonds is 3. The molecule has 0 rings (SSSR count). The summed E-state index contributed by atoms with van der Waals surface area (Å²) in [5, 5.41) is 8.26.